The van der Waals surface area contributed by atoms with Gasteiger partial charge in [0.2, 0.25) is 0 Å². The maximum atomic E-state index is 10.3. The zero-order chi connectivity index (χ0) is 19.6. The number of pyridine rings is 2. The van der Waals surface area contributed by atoms with Crippen molar-refractivity contribution >= 4 is 0 Å². The minimum atomic E-state index is -0.438. The van der Waals surface area contributed by atoms with Crippen molar-refractivity contribution in [2.75, 3.05) is 0 Å². The fraction of sp³-hybridized carbons (Fsp3) is 0.120. The summed E-state index contributed by atoms with van der Waals surface area (Å²) in [5, 5.41) is 10.3. The minimum absolute atomic E-state index is 0. The third-order valence-corrected chi connectivity index (χ3v) is 4.96. The molecule has 0 aliphatic carbocycles. The molecule has 4 aromatic rings. The summed E-state index contributed by atoms with van der Waals surface area (Å²) in [5.41, 5.74) is 4.72. The molecule has 2 heterocycles. The SMILES string of the molecule is CC(C)(c1cccc(-c2cccc(-c3[c-]cccc3)n2)n1)c1ccccc1O.[Pt]. The molecule has 0 atom stereocenters. The van der Waals surface area contributed by atoms with Crippen LogP contribution in [0.5, 0.6) is 5.75 Å². The Morgan fingerprint density at radius 2 is 1.38 bits per heavy atom. The Hall–Kier alpha value is -2.77. The molecule has 0 aliphatic heterocycles. The van der Waals surface area contributed by atoms with Gasteiger partial charge in [-0.25, -0.2) is 0 Å². The van der Waals surface area contributed by atoms with Crippen molar-refractivity contribution in [3.63, 3.8) is 0 Å². The molecule has 0 aliphatic rings. The number of nitrogens with zero attached hydrogens (tertiary/aromatic N) is 2. The van der Waals surface area contributed by atoms with Crippen molar-refractivity contribution in [1.82, 2.24) is 9.97 Å². The average molecular weight is 561 g/mol. The summed E-state index contributed by atoms with van der Waals surface area (Å²) in [6, 6.07) is 30.3. The summed E-state index contributed by atoms with van der Waals surface area (Å²) in [6.07, 6.45) is 0. The first kappa shape index (κ1) is 20.9. The van der Waals surface area contributed by atoms with E-state index >= 15 is 0 Å². The molecule has 0 amide bonds. The van der Waals surface area contributed by atoms with E-state index in [1.807, 2.05) is 78.9 Å². The van der Waals surface area contributed by atoms with Gasteiger partial charge in [-0.2, -0.15) is 0 Å². The van der Waals surface area contributed by atoms with E-state index in [9.17, 15) is 5.11 Å². The van der Waals surface area contributed by atoms with Gasteiger partial charge in [0.1, 0.15) is 5.75 Å². The van der Waals surface area contributed by atoms with Crippen LogP contribution in [0.3, 0.4) is 0 Å². The van der Waals surface area contributed by atoms with Gasteiger partial charge < -0.3 is 5.11 Å². The Labute approximate surface area is 185 Å². The van der Waals surface area contributed by atoms with Crippen molar-refractivity contribution in [3.05, 3.63) is 102 Å². The molecule has 0 spiro atoms. The van der Waals surface area contributed by atoms with E-state index in [0.29, 0.717) is 0 Å². The van der Waals surface area contributed by atoms with Crippen molar-refractivity contribution < 1.29 is 26.2 Å². The molecule has 0 saturated heterocycles. The summed E-state index contributed by atoms with van der Waals surface area (Å²) < 4.78 is 0. The molecule has 0 saturated carbocycles. The minimum Gasteiger partial charge on any atom is -0.508 e. The smallest absolute Gasteiger partial charge is 0.119 e. The van der Waals surface area contributed by atoms with Crippen LogP contribution in [0.2, 0.25) is 0 Å². The third-order valence-electron chi connectivity index (χ3n) is 4.96. The molecule has 4 rings (SSSR count). The van der Waals surface area contributed by atoms with Gasteiger partial charge in [0.05, 0.1) is 17.1 Å². The standard InChI is InChI=1S/C25H21N2O.Pt/c1-25(2,19-12-6-7-16-23(19)28)24-17-9-15-22(27-24)21-14-8-13-20(26-21)18-10-4-3-5-11-18;/h3-10,12-17,28H,1-2H3;/q-1;. The van der Waals surface area contributed by atoms with Gasteiger partial charge >= 0.3 is 0 Å². The van der Waals surface area contributed by atoms with E-state index < -0.39 is 5.41 Å². The van der Waals surface area contributed by atoms with Crippen molar-refractivity contribution in [3.8, 4) is 28.4 Å². The molecule has 1 N–H and O–H groups in total. The number of rotatable bonds is 4. The number of phenols is 1. The molecule has 0 radical (unpaired) electrons. The zero-order valence-corrected chi connectivity index (χ0v) is 18.5. The molecule has 0 bridgehead atoms. The Morgan fingerprint density at radius 1 is 0.724 bits per heavy atom. The molecule has 2 aromatic carbocycles. The van der Waals surface area contributed by atoms with Gasteiger partial charge in [0.15, 0.2) is 0 Å². The first-order valence-corrected chi connectivity index (χ1v) is 9.26. The Morgan fingerprint density at radius 3 is 2.10 bits per heavy atom. The molecule has 2 aromatic heterocycles. The van der Waals surface area contributed by atoms with Crippen LogP contribution >= 0.6 is 0 Å². The molecule has 3 nitrogen and oxygen atoms in total. The van der Waals surface area contributed by atoms with Gasteiger partial charge in [0, 0.05) is 32.0 Å². The van der Waals surface area contributed by atoms with Crippen LogP contribution in [0.15, 0.2) is 84.9 Å². The second-order valence-electron chi connectivity index (χ2n) is 7.23. The first-order valence-electron chi connectivity index (χ1n) is 9.26. The number of phenolic OH excluding ortho intramolecular Hbond substituents is 1. The van der Waals surface area contributed by atoms with Crippen molar-refractivity contribution in [1.29, 1.82) is 0 Å². The maximum absolute atomic E-state index is 10.3. The van der Waals surface area contributed by atoms with Crippen LogP contribution in [0.1, 0.15) is 25.1 Å². The molecule has 29 heavy (non-hydrogen) atoms. The quantitative estimate of drug-likeness (QED) is 0.329. The predicted octanol–water partition coefficient (Wildman–Crippen LogP) is 5.64. The zero-order valence-electron chi connectivity index (χ0n) is 16.2. The second-order valence-corrected chi connectivity index (χ2v) is 7.23. The van der Waals surface area contributed by atoms with Crippen LogP contribution < -0.4 is 0 Å². The fourth-order valence-electron chi connectivity index (χ4n) is 3.35. The van der Waals surface area contributed by atoms with Crippen molar-refractivity contribution in [2.24, 2.45) is 0 Å². The maximum Gasteiger partial charge on any atom is 0.119 e. The number of aromatic hydroxyl groups is 1. The van der Waals surface area contributed by atoms with Gasteiger partial charge in [-0.3, -0.25) is 9.97 Å². The van der Waals surface area contributed by atoms with Gasteiger partial charge in [0.25, 0.3) is 0 Å². The van der Waals surface area contributed by atoms with E-state index in [0.717, 1.165) is 33.9 Å². The summed E-state index contributed by atoms with van der Waals surface area (Å²) in [5.74, 6) is 0.277. The topological polar surface area (TPSA) is 46.0 Å². The van der Waals surface area contributed by atoms with Crippen LogP contribution in [-0.2, 0) is 26.5 Å². The summed E-state index contributed by atoms with van der Waals surface area (Å²) in [6.45, 7) is 4.13. The molecule has 0 fully saturated rings. The Balaban J connectivity index is 0.00000240. The van der Waals surface area contributed by atoms with Crippen molar-refractivity contribution in [2.45, 2.75) is 19.3 Å². The summed E-state index contributed by atoms with van der Waals surface area (Å²) in [4.78, 5) is 9.67. The Bertz CT molecular complexity index is 1110. The Kier molecular flexibility index (Phi) is 6.29. The molecular formula is C25H21N2OPt-. The van der Waals surface area contributed by atoms with E-state index in [2.05, 4.69) is 19.9 Å². The molecule has 0 unspecified atom stereocenters. The number of aromatic nitrogens is 2. The largest absolute Gasteiger partial charge is 0.508 e. The monoisotopic (exact) mass is 560 g/mol. The third kappa shape index (κ3) is 4.31. The summed E-state index contributed by atoms with van der Waals surface area (Å²) in [7, 11) is 0. The second kappa shape index (κ2) is 8.71. The molecule has 4 heteroatoms. The van der Waals surface area contributed by atoms with E-state index in [-0.39, 0.29) is 26.8 Å². The van der Waals surface area contributed by atoms with E-state index in [4.69, 9.17) is 9.97 Å². The van der Waals surface area contributed by atoms with Gasteiger partial charge in [-0.1, -0.05) is 50.2 Å². The van der Waals surface area contributed by atoms with Gasteiger partial charge in [-0.05, 0) is 30.0 Å². The fourth-order valence-corrected chi connectivity index (χ4v) is 3.35. The van der Waals surface area contributed by atoms with Crippen LogP contribution in [0.25, 0.3) is 22.6 Å². The number of hydrogen-bond donors (Lipinski definition) is 1. The molecular weight excluding hydrogens is 539 g/mol. The van der Waals surface area contributed by atoms with Crippen LogP contribution in [0, 0.1) is 6.07 Å². The van der Waals surface area contributed by atoms with E-state index in [1.54, 1.807) is 6.07 Å². The molecule has 148 valence electrons. The van der Waals surface area contributed by atoms with Crippen LogP contribution in [-0.4, -0.2) is 15.1 Å². The number of para-hydroxylation sites is 1. The van der Waals surface area contributed by atoms with Crippen LogP contribution in [0.4, 0.5) is 0 Å². The number of hydrogen-bond acceptors (Lipinski definition) is 3. The predicted molar refractivity (Wildman–Crippen MR) is 112 cm³/mol. The number of benzene rings is 2. The first-order chi connectivity index (χ1) is 13.6. The normalized spacial score (nSPS) is 11.0. The van der Waals surface area contributed by atoms with Gasteiger partial charge in [-0.15, -0.1) is 35.9 Å². The average Bonchev–Trinajstić information content (AvgIpc) is 2.75. The summed E-state index contributed by atoms with van der Waals surface area (Å²) >= 11 is 0. The van der Waals surface area contributed by atoms with E-state index in [1.165, 1.54) is 0 Å².